The molecule has 0 aromatic carbocycles. The van der Waals surface area contributed by atoms with Crippen molar-refractivity contribution in [3.05, 3.63) is 48.6 Å². The van der Waals surface area contributed by atoms with Gasteiger partial charge in [0, 0.05) is 12.8 Å². The number of hydrogen-bond acceptors (Lipinski definition) is 5. The van der Waals surface area contributed by atoms with Gasteiger partial charge in [0.05, 0.1) is 6.61 Å². The van der Waals surface area contributed by atoms with Gasteiger partial charge in [-0.25, -0.2) is 0 Å². The van der Waals surface area contributed by atoms with E-state index < -0.39 is 6.10 Å². The van der Waals surface area contributed by atoms with Crippen LogP contribution in [0.4, 0.5) is 0 Å². The Morgan fingerprint density at radius 1 is 0.500 bits per heavy atom. The van der Waals surface area contributed by atoms with E-state index in [0.29, 0.717) is 12.8 Å². The smallest absolute Gasteiger partial charge is 0.306 e. The van der Waals surface area contributed by atoms with E-state index in [1.165, 1.54) is 89.9 Å². The van der Waals surface area contributed by atoms with E-state index in [2.05, 4.69) is 62.5 Å². The van der Waals surface area contributed by atoms with Crippen LogP contribution in [0, 0.1) is 0 Å². The Bertz CT molecular complexity index is 782. The molecule has 0 amide bonds. The first kappa shape index (κ1) is 43.9. The Hall–Kier alpha value is -2.14. The average Bonchev–Trinajstić information content (AvgIpc) is 3.06. The summed E-state index contributed by atoms with van der Waals surface area (Å²) in [6.07, 6.45) is 45.9. The normalized spacial score (nSPS) is 12.7. The van der Waals surface area contributed by atoms with E-state index in [1.54, 1.807) is 0 Å². The maximum atomic E-state index is 12.2. The predicted molar refractivity (Wildman–Crippen MR) is 196 cm³/mol. The van der Waals surface area contributed by atoms with E-state index in [0.717, 1.165) is 64.2 Å². The lowest BCUT2D eigenvalue weighted by molar-refractivity contribution is -0.161. The number of esters is 2. The zero-order valence-corrected chi connectivity index (χ0v) is 30.1. The van der Waals surface area contributed by atoms with Crippen LogP contribution in [0.1, 0.15) is 181 Å². The van der Waals surface area contributed by atoms with Gasteiger partial charge in [0.15, 0.2) is 6.10 Å². The van der Waals surface area contributed by atoms with Crippen LogP contribution >= 0.6 is 0 Å². The zero-order valence-electron chi connectivity index (χ0n) is 30.1. The molecule has 0 aliphatic rings. The monoisotopic (exact) mass is 645 g/mol. The molecule has 0 heterocycles. The summed E-state index contributed by atoms with van der Waals surface area (Å²) in [6.45, 7) is 4.07. The first-order chi connectivity index (χ1) is 22.6. The van der Waals surface area contributed by atoms with Gasteiger partial charge in [-0.3, -0.25) is 9.59 Å². The lowest BCUT2D eigenvalue weighted by Crippen LogP contribution is -2.28. The summed E-state index contributed by atoms with van der Waals surface area (Å²) in [7, 11) is 0. The Morgan fingerprint density at radius 2 is 0.870 bits per heavy atom. The maximum absolute atomic E-state index is 12.2. The molecule has 0 bridgehead atoms. The number of allylic oxidation sites excluding steroid dienone is 8. The Morgan fingerprint density at radius 3 is 1.37 bits per heavy atom. The molecule has 0 saturated carbocycles. The van der Waals surface area contributed by atoms with Crippen LogP contribution < -0.4 is 0 Å². The van der Waals surface area contributed by atoms with Crippen molar-refractivity contribution in [1.29, 1.82) is 0 Å². The summed E-state index contributed by atoms with van der Waals surface area (Å²) in [6, 6.07) is 0. The molecule has 1 unspecified atom stereocenters. The molecule has 0 saturated heterocycles. The predicted octanol–water partition coefficient (Wildman–Crippen LogP) is 11.8. The lowest BCUT2D eigenvalue weighted by atomic mass is 10.1. The zero-order chi connectivity index (χ0) is 33.6. The molecule has 0 fully saturated rings. The van der Waals surface area contributed by atoms with Crippen molar-refractivity contribution in [1.82, 2.24) is 0 Å². The Labute approximate surface area is 284 Å². The van der Waals surface area contributed by atoms with Gasteiger partial charge in [-0.1, -0.05) is 140 Å². The van der Waals surface area contributed by atoms with E-state index in [4.69, 9.17) is 9.47 Å². The van der Waals surface area contributed by atoms with Crippen LogP contribution in [0.25, 0.3) is 0 Å². The van der Waals surface area contributed by atoms with Gasteiger partial charge >= 0.3 is 11.9 Å². The van der Waals surface area contributed by atoms with E-state index >= 15 is 0 Å². The highest BCUT2D eigenvalue weighted by Crippen LogP contribution is 2.12. The fourth-order valence-corrected chi connectivity index (χ4v) is 5.14. The third-order valence-corrected chi connectivity index (χ3v) is 8.10. The molecule has 266 valence electrons. The molecule has 0 spiro atoms. The summed E-state index contributed by atoms with van der Waals surface area (Å²) in [5.74, 6) is -0.618. The van der Waals surface area contributed by atoms with Crippen LogP contribution in [-0.2, 0) is 19.1 Å². The summed E-state index contributed by atoms with van der Waals surface area (Å²) in [5, 5.41) is 9.54. The van der Waals surface area contributed by atoms with Crippen LogP contribution in [-0.4, -0.2) is 36.4 Å². The Balaban J connectivity index is 3.61. The summed E-state index contributed by atoms with van der Waals surface area (Å²) >= 11 is 0. The average molecular weight is 645 g/mol. The fourth-order valence-electron chi connectivity index (χ4n) is 5.14. The first-order valence-electron chi connectivity index (χ1n) is 19.2. The highest BCUT2D eigenvalue weighted by atomic mass is 16.6. The standard InChI is InChI=1S/C41H72O5/c1-3-5-7-9-11-13-15-17-18-19-20-21-22-24-26-28-30-32-34-36-41(44)46-39(37-42)38-45-40(43)35-33-31-29-27-25-23-16-14-12-10-8-6-4-2/h11,13-14,16-18,20-21,39,42H,3-10,12,15,19,22-38H2,1-2H3/b13-11-,16-14-,18-17-,21-20-. The number of unbranched alkanes of at least 4 members (excludes halogenated alkanes) is 18. The molecule has 0 rings (SSSR count). The molecule has 0 aliphatic heterocycles. The molecule has 0 radical (unpaired) electrons. The van der Waals surface area contributed by atoms with Gasteiger partial charge in [0.2, 0.25) is 0 Å². The highest BCUT2D eigenvalue weighted by molar-refractivity contribution is 5.70. The largest absolute Gasteiger partial charge is 0.462 e. The van der Waals surface area contributed by atoms with Crippen molar-refractivity contribution in [3.63, 3.8) is 0 Å². The third kappa shape index (κ3) is 34.7. The molecule has 1 N–H and O–H groups in total. The minimum Gasteiger partial charge on any atom is -0.462 e. The SMILES string of the molecule is CCCCC/C=C\C/C=C\C/C=C\CCCCCCCCC(=O)OC(CO)COC(=O)CCCCCCC/C=C\CCCCCC. The van der Waals surface area contributed by atoms with Crippen molar-refractivity contribution in [3.8, 4) is 0 Å². The molecule has 0 aromatic rings. The summed E-state index contributed by atoms with van der Waals surface area (Å²) < 4.78 is 10.6. The number of ether oxygens (including phenoxy) is 2. The van der Waals surface area contributed by atoms with Gasteiger partial charge in [0.25, 0.3) is 0 Å². The number of aliphatic hydroxyl groups is 1. The molecule has 5 heteroatoms. The van der Waals surface area contributed by atoms with E-state index in [1.807, 2.05) is 0 Å². The second kappa shape index (κ2) is 37.3. The molecule has 5 nitrogen and oxygen atoms in total. The highest BCUT2D eigenvalue weighted by Gasteiger charge is 2.16. The van der Waals surface area contributed by atoms with Gasteiger partial charge in [0.1, 0.15) is 6.61 Å². The topological polar surface area (TPSA) is 72.8 Å². The first-order valence-corrected chi connectivity index (χ1v) is 19.2. The summed E-state index contributed by atoms with van der Waals surface area (Å²) in [5.41, 5.74) is 0. The van der Waals surface area contributed by atoms with Gasteiger partial charge in [-0.15, -0.1) is 0 Å². The minimum absolute atomic E-state index is 0.0763. The van der Waals surface area contributed by atoms with Crippen LogP contribution in [0.2, 0.25) is 0 Å². The molecular formula is C41H72O5. The van der Waals surface area contributed by atoms with Gasteiger partial charge in [-0.05, 0) is 77.0 Å². The maximum Gasteiger partial charge on any atom is 0.306 e. The molecule has 0 aromatic heterocycles. The fraction of sp³-hybridized carbons (Fsp3) is 0.756. The molecular weight excluding hydrogens is 572 g/mol. The van der Waals surface area contributed by atoms with Crippen LogP contribution in [0.5, 0.6) is 0 Å². The third-order valence-electron chi connectivity index (χ3n) is 8.10. The van der Waals surface area contributed by atoms with Crippen molar-refractivity contribution in [2.75, 3.05) is 13.2 Å². The van der Waals surface area contributed by atoms with E-state index in [-0.39, 0.29) is 25.2 Å². The quantitative estimate of drug-likeness (QED) is 0.0429. The van der Waals surface area contributed by atoms with Crippen molar-refractivity contribution in [2.45, 2.75) is 187 Å². The van der Waals surface area contributed by atoms with Crippen molar-refractivity contribution in [2.24, 2.45) is 0 Å². The Kier molecular flexibility index (Phi) is 35.6. The van der Waals surface area contributed by atoms with Crippen LogP contribution in [0.15, 0.2) is 48.6 Å². The second-order valence-electron chi connectivity index (χ2n) is 12.6. The van der Waals surface area contributed by atoms with Crippen molar-refractivity contribution >= 4 is 11.9 Å². The molecule has 1 atom stereocenters. The number of rotatable bonds is 34. The lowest BCUT2D eigenvalue weighted by Gasteiger charge is -2.15. The van der Waals surface area contributed by atoms with Gasteiger partial charge < -0.3 is 14.6 Å². The van der Waals surface area contributed by atoms with E-state index in [9.17, 15) is 14.7 Å². The second-order valence-corrected chi connectivity index (χ2v) is 12.6. The van der Waals surface area contributed by atoms with Gasteiger partial charge in [-0.2, -0.15) is 0 Å². The van der Waals surface area contributed by atoms with Crippen LogP contribution in [0.3, 0.4) is 0 Å². The van der Waals surface area contributed by atoms with Crippen molar-refractivity contribution < 1.29 is 24.2 Å². The number of carbonyl (C=O) groups excluding carboxylic acids is 2. The number of aliphatic hydroxyl groups excluding tert-OH is 1. The minimum atomic E-state index is -0.781. The number of carbonyl (C=O) groups is 2. The molecule has 0 aliphatic carbocycles. The molecule has 46 heavy (non-hydrogen) atoms. The number of hydrogen-bond donors (Lipinski definition) is 1. The summed E-state index contributed by atoms with van der Waals surface area (Å²) in [4.78, 5) is 24.2.